The fraction of sp³-hybridized carbons (Fsp3) is 0.833. The Morgan fingerprint density at radius 1 is 1.67 bits per heavy atom. The van der Waals surface area contributed by atoms with Gasteiger partial charge in [-0.2, -0.15) is 0 Å². The van der Waals surface area contributed by atoms with Gasteiger partial charge in [-0.15, -0.1) is 0 Å². The summed E-state index contributed by atoms with van der Waals surface area (Å²) in [4.78, 5) is 10.4. The monoisotopic (exact) mass is 148 g/mol. The standard InChI is InChI=1S/C6H9ClO2/c1-4-2-3-5(9-4)6(7)8/h4-5H,2-3H2,1H3/t4-,5?/m1/s1. The van der Waals surface area contributed by atoms with E-state index >= 15 is 0 Å². The molecule has 3 heteroatoms. The molecule has 2 nitrogen and oxygen atoms in total. The van der Waals surface area contributed by atoms with Crippen LogP contribution in [0.5, 0.6) is 0 Å². The van der Waals surface area contributed by atoms with E-state index in [1.807, 2.05) is 6.92 Å². The minimum Gasteiger partial charge on any atom is -0.366 e. The zero-order valence-corrected chi connectivity index (χ0v) is 6.02. The van der Waals surface area contributed by atoms with E-state index in [1.54, 1.807) is 0 Å². The highest BCUT2D eigenvalue weighted by molar-refractivity contribution is 6.64. The van der Waals surface area contributed by atoms with E-state index < -0.39 is 0 Å². The highest BCUT2D eigenvalue weighted by Crippen LogP contribution is 2.20. The van der Waals surface area contributed by atoms with Crippen LogP contribution in [0.2, 0.25) is 0 Å². The molecule has 0 amide bonds. The van der Waals surface area contributed by atoms with Crippen LogP contribution in [0.25, 0.3) is 0 Å². The van der Waals surface area contributed by atoms with Gasteiger partial charge in [0.2, 0.25) is 0 Å². The molecule has 9 heavy (non-hydrogen) atoms. The van der Waals surface area contributed by atoms with Crippen molar-refractivity contribution in [1.29, 1.82) is 0 Å². The van der Waals surface area contributed by atoms with Crippen LogP contribution < -0.4 is 0 Å². The minimum absolute atomic E-state index is 0.206. The first-order chi connectivity index (χ1) is 4.20. The first-order valence-corrected chi connectivity index (χ1v) is 3.42. The third-order valence-electron chi connectivity index (χ3n) is 1.49. The average molecular weight is 149 g/mol. The fourth-order valence-electron chi connectivity index (χ4n) is 0.970. The lowest BCUT2D eigenvalue weighted by Gasteiger charge is -2.03. The molecule has 0 radical (unpaired) electrons. The number of carbonyl (C=O) groups is 1. The van der Waals surface area contributed by atoms with Crippen molar-refractivity contribution in [3.05, 3.63) is 0 Å². The van der Waals surface area contributed by atoms with Gasteiger partial charge in [-0.05, 0) is 31.4 Å². The summed E-state index contributed by atoms with van der Waals surface area (Å²) >= 11 is 5.19. The third-order valence-corrected chi connectivity index (χ3v) is 1.73. The van der Waals surface area contributed by atoms with Gasteiger partial charge in [0.15, 0.2) is 0 Å². The molecule has 1 heterocycles. The Kier molecular flexibility index (Phi) is 2.09. The number of carbonyl (C=O) groups excluding carboxylic acids is 1. The summed E-state index contributed by atoms with van der Waals surface area (Å²) in [6.07, 6.45) is 1.60. The van der Waals surface area contributed by atoms with E-state index in [4.69, 9.17) is 16.3 Å². The summed E-state index contributed by atoms with van der Waals surface area (Å²) in [7, 11) is 0. The Hall–Kier alpha value is -0.0800. The van der Waals surface area contributed by atoms with Crippen molar-refractivity contribution >= 4 is 16.8 Å². The van der Waals surface area contributed by atoms with Gasteiger partial charge in [0, 0.05) is 0 Å². The van der Waals surface area contributed by atoms with Gasteiger partial charge < -0.3 is 4.74 Å². The molecule has 1 rings (SSSR count). The maximum Gasteiger partial charge on any atom is 0.250 e. The van der Waals surface area contributed by atoms with E-state index in [9.17, 15) is 4.79 Å². The van der Waals surface area contributed by atoms with Crippen molar-refractivity contribution in [2.24, 2.45) is 0 Å². The highest BCUT2D eigenvalue weighted by Gasteiger charge is 2.26. The number of hydrogen-bond donors (Lipinski definition) is 0. The lowest BCUT2D eigenvalue weighted by Crippen LogP contribution is -2.14. The molecule has 1 aliphatic rings. The largest absolute Gasteiger partial charge is 0.366 e. The van der Waals surface area contributed by atoms with Crippen molar-refractivity contribution in [1.82, 2.24) is 0 Å². The van der Waals surface area contributed by atoms with Crippen molar-refractivity contribution in [2.75, 3.05) is 0 Å². The minimum atomic E-state index is -0.362. The normalized spacial score (nSPS) is 34.9. The van der Waals surface area contributed by atoms with E-state index in [0.717, 1.165) is 12.8 Å². The zero-order valence-electron chi connectivity index (χ0n) is 5.26. The number of hydrogen-bond acceptors (Lipinski definition) is 2. The molecule has 0 bridgehead atoms. The van der Waals surface area contributed by atoms with Gasteiger partial charge in [0.25, 0.3) is 5.24 Å². The SMILES string of the molecule is C[C@@H]1CCC(C(=O)Cl)O1. The lowest BCUT2D eigenvalue weighted by molar-refractivity contribution is -0.121. The molecular weight excluding hydrogens is 140 g/mol. The predicted octanol–water partition coefficient (Wildman–Crippen LogP) is 1.32. The zero-order chi connectivity index (χ0) is 6.85. The predicted molar refractivity (Wildman–Crippen MR) is 34.4 cm³/mol. The van der Waals surface area contributed by atoms with Crippen LogP contribution in [-0.4, -0.2) is 17.5 Å². The summed E-state index contributed by atoms with van der Waals surface area (Å²) < 4.78 is 5.14. The molecule has 1 unspecified atom stereocenters. The van der Waals surface area contributed by atoms with Crippen LogP contribution in [0.1, 0.15) is 19.8 Å². The van der Waals surface area contributed by atoms with Crippen LogP contribution >= 0.6 is 11.6 Å². The lowest BCUT2D eigenvalue weighted by atomic mass is 10.2. The van der Waals surface area contributed by atoms with Crippen molar-refractivity contribution in [2.45, 2.75) is 32.0 Å². The molecule has 0 N–H and O–H groups in total. The summed E-state index contributed by atoms with van der Waals surface area (Å²) in [6, 6.07) is 0. The summed E-state index contributed by atoms with van der Waals surface area (Å²) in [5, 5.41) is -0.362. The van der Waals surface area contributed by atoms with Crippen molar-refractivity contribution < 1.29 is 9.53 Å². The maximum atomic E-state index is 10.4. The first kappa shape index (κ1) is 7.03. The van der Waals surface area contributed by atoms with Crippen LogP contribution in [0.15, 0.2) is 0 Å². The Morgan fingerprint density at radius 3 is 2.56 bits per heavy atom. The Balaban J connectivity index is 2.39. The molecule has 0 aliphatic carbocycles. The number of halogens is 1. The number of rotatable bonds is 1. The second-order valence-corrected chi connectivity index (χ2v) is 2.69. The van der Waals surface area contributed by atoms with Gasteiger partial charge in [-0.3, -0.25) is 4.79 Å². The van der Waals surface area contributed by atoms with Crippen molar-refractivity contribution in [3.8, 4) is 0 Å². The Bertz CT molecular complexity index is 124. The Morgan fingerprint density at radius 2 is 2.33 bits per heavy atom. The van der Waals surface area contributed by atoms with Crippen LogP contribution in [0.4, 0.5) is 0 Å². The van der Waals surface area contributed by atoms with E-state index in [-0.39, 0.29) is 17.5 Å². The molecule has 1 saturated heterocycles. The van der Waals surface area contributed by atoms with Crippen LogP contribution in [0, 0.1) is 0 Å². The molecule has 1 fully saturated rings. The van der Waals surface area contributed by atoms with Gasteiger partial charge in [0.05, 0.1) is 6.10 Å². The van der Waals surface area contributed by atoms with E-state index in [2.05, 4.69) is 0 Å². The van der Waals surface area contributed by atoms with Gasteiger partial charge in [0.1, 0.15) is 6.10 Å². The average Bonchev–Trinajstić information content (AvgIpc) is 2.14. The second kappa shape index (κ2) is 2.67. The van der Waals surface area contributed by atoms with Crippen LogP contribution in [-0.2, 0) is 9.53 Å². The van der Waals surface area contributed by atoms with Gasteiger partial charge in [-0.1, -0.05) is 0 Å². The molecule has 0 aromatic carbocycles. The topological polar surface area (TPSA) is 26.3 Å². The van der Waals surface area contributed by atoms with Gasteiger partial charge in [-0.25, -0.2) is 0 Å². The third kappa shape index (κ3) is 1.66. The Labute approximate surface area is 59.1 Å². The first-order valence-electron chi connectivity index (χ1n) is 3.05. The highest BCUT2D eigenvalue weighted by atomic mass is 35.5. The molecule has 0 aromatic heterocycles. The summed E-state index contributed by atoms with van der Waals surface area (Å²) in [5.41, 5.74) is 0. The molecule has 2 atom stereocenters. The molecule has 52 valence electrons. The van der Waals surface area contributed by atoms with E-state index in [0.29, 0.717) is 0 Å². The molecule has 1 aliphatic heterocycles. The number of ether oxygens (including phenoxy) is 1. The van der Waals surface area contributed by atoms with E-state index in [1.165, 1.54) is 0 Å². The smallest absolute Gasteiger partial charge is 0.250 e. The van der Waals surface area contributed by atoms with Gasteiger partial charge >= 0.3 is 0 Å². The molecule has 0 aromatic rings. The molecular formula is C6H9ClO2. The maximum absolute atomic E-state index is 10.4. The fourth-order valence-corrected chi connectivity index (χ4v) is 1.13. The molecule has 0 saturated carbocycles. The summed E-state index contributed by atoms with van der Waals surface area (Å²) in [6.45, 7) is 1.94. The second-order valence-electron chi connectivity index (χ2n) is 2.32. The molecule has 0 spiro atoms. The van der Waals surface area contributed by atoms with Crippen LogP contribution in [0.3, 0.4) is 0 Å². The quantitative estimate of drug-likeness (QED) is 0.525. The van der Waals surface area contributed by atoms with Crippen molar-refractivity contribution in [3.63, 3.8) is 0 Å². The summed E-state index contributed by atoms with van der Waals surface area (Å²) in [5.74, 6) is 0.